The van der Waals surface area contributed by atoms with E-state index in [9.17, 15) is 10.2 Å². The van der Waals surface area contributed by atoms with Gasteiger partial charge in [0.2, 0.25) is 6.29 Å². The molecule has 4 unspecified atom stereocenters. The number of hydrogen-bond donors (Lipinski definition) is 2. The van der Waals surface area contributed by atoms with Crippen LogP contribution in [0.1, 0.15) is 23.8 Å². The molecule has 1 aromatic heterocycles. The first-order valence-electron chi connectivity index (χ1n) is 8.41. The van der Waals surface area contributed by atoms with Crippen LogP contribution in [-0.4, -0.2) is 42.4 Å². The van der Waals surface area contributed by atoms with Crippen molar-refractivity contribution in [2.75, 3.05) is 13.7 Å². The van der Waals surface area contributed by atoms with Crippen LogP contribution in [-0.2, 0) is 11.2 Å². The second-order valence-electron chi connectivity index (χ2n) is 6.36. The van der Waals surface area contributed by atoms with E-state index in [4.69, 9.17) is 14.2 Å². The minimum Gasteiger partial charge on any atom is -0.497 e. The van der Waals surface area contributed by atoms with Crippen molar-refractivity contribution in [1.29, 1.82) is 0 Å². The van der Waals surface area contributed by atoms with Gasteiger partial charge in [0.15, 0.2) is 0 Å². The van der Waals surface area contributed by atoms with Crippen LogP contribution in [0.2, 0.25) is 0 Å². The monoisotopic (exact) mass is 364 g/mol. The highest BCUT2D eigenvalue weighted by atomic mass is 32.1. The van der Waals surface area contributed by atoms with E-state index in [2.05, 4.69) is 0 Å². The van der Waals surface area contributed by atoms with Crippen molar-refractivity contribution in [2.24, 2.45) is 5.92 Å². The Bertz CT molecular complexity index is 669. The van der Waals surface area contributed by atoms with Gasteiger partial charge in [-0.05, 0) is 41.5 Å². The van der Waals surface area contributed by atoms with Crippen molar-refractivity contribution in [3.05, 3.63) is 46.2 Å². The Morgan fingerprint density at radius 1 is 1.24 bits per heavy atom. The number of aliphatic hydroxyl groups excluding tert-OH is 2. The van der Waals surface area contributed by atoms with Crippen molar-refractivity contribution in [2.45, 2.75) is 38.3 Å². The van der Waals surface area contributed by atoms with Gasteiger partial charge in [-0.1, -0.05) is 19.1 Å². The SMILES string of the molecule is COc1ccc(Cc2sccc2OC2OC(CO)CC(C)C2O)cc1. The lowest BCUT2D eigenvalue weighted by molar-refractivity contribution is -0.225. The van der Waals surface area contributed by atoms with Gasteiger partial charge in [-0.3, -0.25) is 0 Å². The minimum atomic E-state index is -0.759. The van der Waals surface area contributed by atoms with Gasteiger partial charge in [-0.25, -0.2) is 0 Å². The summed E-state index contributed by atoms with van der Waals surface area (Å²) in [5, 5.41) is 21.7. The molecule has 1 aliphatic heterocycles. The molecular formula is C19H24O5S. The third-order valence-corrected chi connectivity index (χ3v) is 5.40. The van der Waals surface area contributed by atoms with Crippen LogP contribution in [0.4, 0.5) is 0 Å². The van der Waals surface area contributed by atoms with Crippen molar-refractivity contribution >= 4 is 11.3 Å². The van der Waals surface area contributed by atoms with Gasteiger partial charge >= 0.3 is 0 Å². The number of hydrogen-bond acceptors (Lipinski definition) is 6. The highest BCUT2D eigenvalue weighted by Crippen LogP contribution is 2.32. The second kappa shape index (κ2) is 8.19. The smallest absolute Gasteiger partial charge is 0.226 e. The fourth-order valence-electron chi connectivity index (χ4n) is 2.98. The average molecular weight is 364 g/mol. The highest BCUT2D eigenvalue weighted by Gasteiger charge is 2.36. The van der Waals surface area contributed by atoms with Crippen LogP contribution < -0.4 is 9.47 Å². The zero-order chi connectivity index (χ0) is 17.8. The minimum absolute atomic E-state index is 0.0135. The molecule has 25 heavy (non-hydrogen) atoms. The Hall–Kier alpha value is -1.60. The van der Waals surface area contributed by atoms with Gasteiger partial charge in [-0.15, -0.1) is 11.3 Å². The summed E-state index contributed by atoms with van der Waals surface area (Å²) in [4.78, 5) is 1.07. The van der Waals surface area contributed by atoms with Crippen molar-refractivity contribution in [3.8, 4) is 11.5 Å². The van der Waals surface area contributed by atoms with E-state index < -0.39 is 12.4 Å². The zero-order valence-corrected chi connectivity index (χ0v) is 15.2. The third-order valence-electron chi connectivity index (χ3n) is 4.50. The van der Waals surface area contributed by atoms with Crippen LogP contribution in [0.5, 0.6) is 11.5 Å². The van der Waals surface area contributed by atoms with Crippen LogP contribution in [0.15, 0.2) is 35.7 Å². The fourth-order valence-corrected chi connectivity index (χ4v) is 3.82. The summed E-state index contributed by atoms with van der Waals surface area (Å²) in [5.41, 5.74) is 1.15. The molecule has 2 heterocycles. The van der Waals surface area contributed by atoms with Crippen LogP contribution in [0.3, 0.4) is 0 Å². The van der Waals surface area contributed by atoms with E-state index >= 15 is 0 Å². The standard InChI is InChI=1S/C19H24O5S/c1-12-9-15(11-20)23-19(18(12)21)24-16-7-8-25-17(16)10-13-3-5-14(22-2)6-4-13/h3-8,12,15,18-21H,9-11H2,1-2H3. The molecule has 1 aliphatic rings. The van der Waals surface area contributed by atoms with Crippen molar-refractivity contribution in [3.63, 3.8) is 0 Å². The zero-order valence-electron chi connectivity index (χ0n) is 14.4. The molecule has 136 valence electrons. The molecule has 0 amide bonds. The van der Waals surface area contributed by atoms with Crippen LogP contribution in [0, 0.1) is 5.92 Å². The summed E-state index contributed by atoms with van der Waals surface area (Å²) in [6.07, 6.45) is -0.410. The van der Waals surface area contributed by atoms with E-state index in [0.717, 1.165) is 28.4 Å². The molecule has 0 saturated carbocycles. The number of thiophene rings is 1. The topological polar surface area (TPSA) is 68.2 Å². The van der Waals surface area contributed by atoms with E-state index in [0.29, 0.717) is 6.42 Å². The van der Waals surface area contributed by atoms with Gasteiger partial charge in [-0.2, -0.15) is 0 Å². The predicted molar refractivity (Wildman–Crippen MR) is 96.3 cm³/mol. The summed E-state index contributed by atoms with van der Waals surface area (Å²) in [6, 6.07) is 9.82. The molecule has 0 spiro atoms. The first-order valence-corrected chi connectivity index (χ1v) is 9.29. The number of ether oxygens (including phenoxy) is 3. The molecule has 1 aromatic carbocycles. The van der Waals surface area contributed by atoms with E-state index in [-0.39, 0.29) is 18.6 Å². The Morgan fingerprint density at radius 2 is 2.00 bits per heavy atom. The quantitative estimate of drug-likeness (QED) is 0.825. The molecule has 0 radical (unpaired) electrons. The molecule has 3 rings (SSSR count). The maximum absolute atomic E-state index is 10.3. The van der Waals surface area contributed by atoms with Crippen molar-refractivity contribution in [1.82, 2.24) is 0 Å². The summed E-state index contributed by atoms with van der Waals surface area (Å²) in [5.74, 6) is 1.56. The van der Waals surface area contributed by atoms with E-state index in [1.807, 2.05) is 42.6 Å². The molecule has 0 aliphatic carbocycles. The van der Waals surface area contributed by atoms with Gasteiger partial charge < -0.3 is 24.4 Å². The van der Waals surface area contributed by atoms with E-state index in [1.165, 1.54) is 0 Å². The summed E-state index contributed by atoms with van der Waals surface area (Å²) in [6.45, 7) is 1.87. The maximum atomic E-state index is 10.3. The Morgan fingerprint density at radius 3 is 2.68 bits per heavy atom. The van der Waals surface area contributed by atoms with Crippen LogP contribution in [0.25, 0.3) is 0 Å². The van der Waals surface area contributed by atoms with Gasteiger partial charge in [0, 0.05) is 6.42 Å². The van der Waals surface area contributed by atoms with Crippen LogP contribution >= 0.6 is 11.3 Å². The molecule has 0 bridgehead atoms. The first kappa shape index (κ1) is 18.2. The Labute approximate surface area is 151 Å². The maximum Gasteiger partial charge on any atom is 0.226 e. The number of rotatable bonds is 6. The third kappa shape index (κ3) is 4.33. The van der Waals surface area contributed by atoms with Gasteiger partial charge in [0.25, 0.3) is 0 Å². The molecule has 6 heteroatoms. The van der Waals surface area contributed by atoms with Gasteiger partial charge in [0.05, 0.1) is 24.7 Å². The highest BCUT2D eigenvalue weighted by molar-refractivity contribution is 7.10. The van der Waals surface area contributed by atoms with Gasteiger partial charge in [0.1, 0.15) is 17.6 Å². The molecule has 5 nitrogen and oxygen atoms in total. The summed E-state index contributed by atoms with van der Waals surface area (Å²) in [7, 11) is 1.65. The summed E-state index contributed by atoms with van der Waals surface area (Å²) >= 11 is 1.61. The van der Waals surface area contributed by atoms with E-state index in [1.54, 1.807) is 18.4 Å². The predicted octanol–water partition coefficient (Wildman–Crippen LogP) is 2.83. The molecular weight excluding hydrogens is 340 g/mol. The largest absolute Gasteiger partial charge is 0.497 e. The average Bonchev–Trinajstić information content (AvgIpc) is 3.06. The number of aliphatic hydroxyl groups is 2. The lowest BCUT2D eigenvalue weighted by Crippen LogP contribution is -2.48. The Balaban J connectivity index is 1.70. The molecule has 4 atom stereocenters. The molecule has 2 aromatic rings. The molecule has 1 saturated heterocycles. The lowest BCUT2D eigenvalue weighted by Gasteiger charge is -2.37. The Kier molecular flexibility index (Phi) is 5.96. The number of benzene rings is 1. The number of methoxy groups -OCH3 is 1. The second-order valence-corrected chi connectivity index (χ2v) is 7.36. The fraction of sp³-hybridized carbons (Fsp3) is 0.474. The molecule has 1 fully saturated rings. The molecule has 2 N–H and O–H groups in total. The summed E-state index contributed by atoms with van der Waals surface area (Å²) < 4.78 is 16.8. The van der Waals surface area contributed by atoms with Crippen molar-refractivity contribution < 1.29 is 24.4 Å². The normalized spacial score (nSPS) is 26.4. The lowest BCUT2D eigenvalue weighted by atomic mass is 9.94. The first-order chi connectivity index (χ1) is 12.1.